The Morgan fingerprint density at radius 1 is 1.00 bits per heavy atom. The van der Waals surface area contributed by atoms with Crippen molar-refractivity contribution in [2.24, 2.45) is 11.3 Å². The Kier molecular flexibility index (Phi) is 6.91. The first-order chi connectivity index (χ1) is 16.2. The van der Waals surface area contributed by atoms with E-state index in [0.29, 0.717) is 25.8 Å². The Hall–Kier alpha value is -3.35. The molecule has 2 amide bonds. The fourth-order valence-corrected chi connectivity index (χ4v) is 5.07. The second-order valence-corrected chi connectivity index (χ2v) is 10.1. The molecular weight excluding hydrogens is 432 g/mol. The molecule has 2 aliphatic carbocycles. The van der Waals surface area contributed by atoms with Gasteiger partial charge in [0.25, 0.3) is 0 Å². The topological polar surface area (TPSA) is 105 Å². The minimum Gasteiger partial charge on any atom is -0.481 e. The maximum atomic E-state index is 12.5. The number of aliphatic carboxylic acids is 1. The van der Waals surface area contributed by atoms with Crippen molar-refractivity contribution in [2.75, 3.05) is 13.2 Å². The molecule has 0 radical (unpaired) electrons. The lowest BCUT2D eigenvalue weighted by molar-refractivity contribution is -0.141. The molecule has 0 spiro atoms. The summed E-state index contributed by atoms with van der Waals surface area (Å²) in [7, 11) is 0. The van der Waals surface area contributed by atoms with Gasteiger partial charge >= 0.3 is 12.1 Å². The highest BCUT2D eigenvalue weighted by molar-refractivity contribution is 5.79. The summed E-state index contributed by atoms with van der Waals surface area (Å²) in [5, 5.41) is 14.9. The monoisotopic (exact) mass is 464 g/mol. The van der Waals surface area contributed by atoms with Crippen molar-refractivity contribution in [2.45, 2.75) is 51.5 Å². The van der Waals surface area contributed by atoms with Crippen molar-refractivity contribution in [1.29, 1.82) is 0 Å². The average Bonchev–Trinajstić information content (AvgIpc) is 3.39. The van der Waals surface area contributed by atoms with Crippen LogP contribution in [0, 0.1) is 11.3 Å². The van der Waals surface area contributed by atoms with E-state index in [1.165, 1.54) is 11.1 Å². The molecule has 0 saturated heterocycles. The number of ether oxygens (including phenoxy) is 1. The van der Waals surface area contributed by atoms with Crippen LogP contribution >= 0.6 is 0 Å². The number of benzene rings is 2. The molecular formula is C27H32N2O5. The third-order valence-corrected chi connectivity index (χ3v) is 6.84. The molecule has 7 nitrogen and oxygen atoms in total. The van der Waals surface area contributed by atoms with Crippen LogP contribution in [0.4, 0.5) is 4.79 Å². The lowest BCUT2D eigenvalue weighted by Gasteiger charge is -2.25. The van der Waals surface area contributed by atoms with Gasteiger partial charge in [0.2, 0.25) is 5.91 Å². The van der Waals surface area contributed by atoms with E-state index in [1.807, 2.05) is 38.1 Å². The first kappa shape index (κ1) is 23.8. The van der Waals surface area contributed by atoms with Gasteiger partial charge in [0.1, 0.15) is 6.61 Å². The molecule has 3 N–H and O–H groups in total. The number of carboxylic acids is 1. The number of nitrogens with one attached hydrogen (secondary N) is 2. The molecule has 0 aliphatic heterocycles. The van der Waals surface area contributed by atoms with Crippen LogP contribution in [0.25, 0.3) is 11.1 Å². The Morgan fingerprint density at radius 3 is 2.21 bits per heavy atom. The SMILES string of the molecule is CC(C)(CNC(=O)OCC1c2ccccc2-c2ccccc21)CC(=O)N[C@H]1CC[C@@H](C(=O)O)C1. The summed E-state index contributed by atoms with van der Waals surface area (Å²) >= 11 is 0. The van der Waals surface area contributed by atoms with Gasteiger partial charge in [-0.1, -0.05) is 62.4 Å². The molecule has 7 heteroatoms. The van der Waals surface area contributed by atoms with Crippen molar-refractivity contribution in [1.82, 2.24) is 10.6 Å². The molecule has 34 heavy (non-hydrogen) atoms. The molecule has 2 aromatic rings. The van der Waals surface area contributed by atoms with Gasteiger partial charge in [-0.05, 0) is 46.9 Å². The maximum absolute atomic E-state index is 12.5. The van der Waals surface area contributed by atoms with Gasteiger partial charge in [-0.25, -0.2) is 4.79 Å². The van der Waals surface area contributed by atoms with Gasteiger partial charge in [0.15, 0.2) is 0 Å². The minimum absolute atomic E-state index is 0.00187. The largest absolute Gasteiger partial charge is 0.481 e. The fourth-order valence-electron chi connectivity index (χ4n) is 5.07. The Bertz CT molecular complexity index is 1030. The van der Waals surface area contributed by atoms with Gasteiger partial charge in [-0.15, -0.1) is 0 Å². The van der Waals surface area contributed by atoms with E-state index in [0.717, 1.165) is 11.1 Å². The number of amides is 2. The molecule has 0 heterocycles. The van der Waals surface area contributed by atoms with Crippen LogP contribution < -0.4 is 10.6 Å². The van der Waals surface area contributed by atoms with Crippen molar-refractivity contribution in [3.05, 3.63) is 59.7 Å². The molecule has 1 saturated carbocycles. The first-order valence-electron chi connectivity index (χ1n) is 11.8. The second kappa shape index (κ2) is 9.87. The van der Waals surface area contributed by atoms with E-state index < -0.39 is 17.5 Å². The zero-order chi connectivity index (χ0) is 24.3. The number of alkyl carbamates (subject to hydrolysis) is 1. The summed E-state index contributed by atoms with van der Waals surface area (Å²) in [6, 6.07) is 16.3. The van der Waals surface area contributed by atoms with E-state index in [2.05, 4.69) is 34.9 Å². The van der Waals surface area contributed by atoms with Gasteiger partial charge in [0, 0.05) is 24.9 Å². The molecule has 2 atom stereocenters. The second-order valence-electron chi connectivity index (χ2n) is 10.1. The summed E-state index contributed by atoms with van der Waals surface area (Å²) in [6.07, 6.45) is 1.47. The summed E-state index contributed by atoms with van der Waals surface area (Å²) in [5.41, 5.74) is 4.20. The highest BCUT2D eigenvalue weighted by atomic mass is 16.5. The number of carboxylic acid groups (broad SMARTS) is 1. The highest BCUT2D eigenvalue weighted by Crippen LogP contribution is 2.44. The Balaban J connectivity index is 1.25. The van der Waals surface area contributed by atoms with Crippen LogP contribution in [0.2, 0.25) is 0 Å². The third kappa shape index (κ3) is 5.41. The summed E-state index contributed by atoms with van der Waals surface area (Å²) in [6.45, 7) is 4.35. The number of carbonyl (C=O) groups is 3. The molecule has 0 unspecified atom stereocenters. The smallest absolute Gasteiger partial charge is 0.407 e. The van der Waals surface area contributed by atoms with Gasteiger partial charge in [-0.2, -0.15) is 0 Å². The average molecular weight is 465 g/mol. The lowest BCUT2D eigenvalue weighted by Crippen LogP contribution is -2.40. The van der Waals surface area contributed by atoms with E-state index in [9.17, 15) is 14.4 Å². The van der Waals surface area contributed by atoms with Crippen molar-refractivity contribution in [3.63, 3.8) is 0 Å². The number of carbonyl (C=O) groups excluding carboxylic acids is 2. The van der Waals surface area contributed by atoms with Crippen LogP contribution in [0.5, 0.6) is 0 Å². The van der Waals surface area contributed by atoms with E-state index in [4.69, 9.17) is 9.84 Å². The normalized spacial score (nSPS) is 19.2. The molecule has 0 bridgehead atoms. The van der Waals surface area contributed by atoms with Crippen LogP contribution in [0.15, 0.2) is 48.5 Å². The van der Waals surface area contributed by atoms with Crippen molar-refractivity contribution >= 4 is 18.0 Å². The Labute approximate surface area is 199 Å². The van der Waals surface area contributed by atoms with Crippen LogP contribution in [0.3, 0.4) is 0 Å². The van der Waals surface area contributed by atoms with Crippen LogP contribution in [0.1, 0.15) is 56.6 Å². The van der Waals surface area contributed by atoms with E-state index in [1.54, 1.807) is 0 Å². The number of hydrogen-bond acceptors (Lipinski definition) is 4. The number of fused-ring (bicyclic) bond motifs is 3. The molecule has 1 fully saturated rings. The minimum atomic E-state index is -0.802. The lowest BCUT2D eigenvalue weighted by atomic mass is 9.89. The van der Waals surface area contributed by atoms with Gasteiger partial charge in [-0.3, -0.25) is 9.59 Å². The maximum Gasteiger partial charge on any atom is 0.407 e. The summed E-state index contributed by atoms with van der Waals surface area (Å²) in [4.78, 5) is 36.0. The molecule has 2 aliphatic rings. The highest BCUT2D eigenvalue weighted by Gasteiger charge is 2.32. The summed E-state index contributed by atoms with van der Waals surface area (Å²) < 4.78 is 5.58. The molecule has 2 aromatic carbocycles. The van der Waals surface area contributed by atoms with Gasteiger partial charge < -0.3 is 20.5 Å². The van der Waals surface area contributed by atoms with Crippen LogP contribution in [-0.4, -0.2) is 42.3 Å². The zero-order valence-electron chi connectivity index (χ0n) is 19.7. The van der Waals surface area contributed by atoms with Crippen molar-refractivity contribution in [3.8, 4) is 11.1 Å². The first-order valence-corrected chi connectivity index (χ1v) is 11.8. The number of hydrogen-bond donors (Lipinski definition) is 3. The third-order valence-electron chi connectivity index (χ3n) is 6.84. The molecule has 4 rings (SSSR count). The van der Waals surface area contributed by atoms with E-state index >= 15 is 0 Å². The quantitative estimate of drug-likeness (QED) is 0.540. The number of rotatable bonds is 8. The van der Waals surface area contributed by atoms with Crippen molar-refractivity contribution < 1.29 is 24.2 Å². The fraction of sp³-hybridized carbons (Fsp3) is 0.444. The standard InChI is InChI=1S/C27H32N2O5/c1-27(2,14-24(30)29-18-12-11-17(13-18)25(31)32)16-28-26(33)34-15-23-21-9-5-3-7-19(21)20-8-4-6-10-22(20)23/h3-10,17-18,23H,11-16H2,1-2H3,(H,28,33)(H,29,30)(H,31,32)/t17-,18+/m1/s1. The molecule has 180 valence electrons. The molecule has 0 aromatic heterocycles. The van der Waals surface area contributed by atoms with E-state index in [-0.39, 0.29) is 36.8 Å². The predicted molar refractivity (Wildman–Crippen MR) is 128 cm³/mol. The summed E-state index contributed by atoms with van der Waals surface area (Å²) in [5.74, 6) is -1.31. The Morgan fingerprint density at radius 2 is 1.62 bits per heavy atom. The zero-order valence-corrected chi connectivity index (χ0v) is 19.7. The van der Waals surface area contributed by atoms with Crippen LogP contribution in [-0.2, 0) is 14.3 Å². The predicted octanol–water partition coefficient (Wildman–Crippen LogP) is 4.31. The van der Waals surface area contributed by atoms with Gasteiger partial charge in [0.05, 0.1) is 5.92 Å².